The second-order valence-corrected chi connectivity index (χ2v) is 7.46. The lowest BCUT2D eigenvalue weighted by molar-refractivity contribution is 0.438. The molecule has 0 unspecified atom stereocenters. The fraction of sp³-hybridized carbons (Fsp3) is 0.364. The molecular weight excluding hydrogens is 272 g/mol. The number of benzene rings is 1. The number of hydrogen-bond donors (Lipinski definition) is 0. The number of sulfonamides is 1. The highest BCUT2D eigenvalue weighted by Crippen LogP contribution is 2.20. The third kappa shape index (κ3) is 2.46. The summed E-state index contributed by atoms with van der Waals surface area (Å²) in [4.78, 5) is 0.0279. The van der Waals surface area contributed by atoms with Gasteiger partial charge in [0, 0.05) is 35.4 Å². The monoisotopic (exact) mass is 284 g/mol. The number of hydrogen-bond acceptors (Lipinski definition) is 4. The number of rotatable bonds is 2. The molecule has 96 valence electrons. The molecule has 1 saturated heterocycles. The smallest absolute Gasteiger partial charge is 0.244 e. The van der Waals surface area contributed by atoms with Crippen molar-refractivity contribution < 1.29 is 12.6 Å². The Balaban J connectivity index is 2.37. The summed E-state index contributed by atoms with van der Waals surface area (Å²) in [6.07, 6.45) is 0. The van der Waals surface area contributed by atoms with E-state index in [4.69, 9.17) is 5.26 Å². The maximum atomic E-state index is 12.3. The van der Waals surface area contributed by atoms with E-state index in [1.165, 1.54) is 16.4 Å². The van der Waals surface area contributed by atoms with E-state index in [-0.39, 0.29) is 23.5 Å². The molecule has 1 aliphatic rings. The molecule has 0 atom stereocenters. The summed E-state index contributed by atoms with van der Waals surface area (Å²) in [6.45, 7) is 0.489. The Morgan fingerprint density at radius 3 is 2.44 bits per heavy atom. The van der Waals surface area contributed by atoms with Crippen molar-refractivity contribution in [3.63, 3.8) is 0 Å². The van der Waals surface area contributed by atoms with Crippen molar-refractivity contribution in [3.8, 4) is 6.07 Å². The van der Waals surface area contributed by atoms with Crippen LogP contribution in [0.4, 0.5) is 0 Å². The highest BCUT2D eigenvalue weighted by molar-refractivity contribution is 7.89. The Labute approximate surface area is 109 Å². The van der Waals surface area contributed by atoms with E-state index >= 15 is 0 Å². The van der Waals surface area contributed by atoms with Crippen LogP contribution >= 0.6 is 0 Å². The van der Waals surface area contributed by atoms with Gasteiger partial charge in [-0.1, -0.05) is 12.1 Å². The maximum absolute atomic E-state index is 12.3. The van der Waals surface area contributed by atoms with Gasteiger partial charge in [-0.2, -0.15) is 9.57 Å². The third-order valence-electron chi connectivity index (χ3n) is 2.76. The van der Waals surface area contributed by atoms with E-state index < -0.39 is 20.8 Å². The van der Waals surface area contributed by atoms with Gasteiger partial charge in [-0.3, -0.25) is 4.21 Å². The predicted molar refractivity (Wildman–Crippen MR) is 67.8 cm³/mol. The zero-order valence-corrected chi connectivity index (χ0v) is 11.2. The van der Waals surface area contributed by atoms with Crippen LogP contribution in [0.1, 0.15) is 5.56 Å². The summed E-state index contributed by atoms with van der Waals surface area (Å²) < 4.78 is 37.2. The Bertz CT molecular complexity index is 609. The maximum Gasteiger partial charge on any atom is 0.244 e. The standard InChI is InChI=1S/C11H12N2O3S2/c12-9-10-3-1-2-4-11(10)18(15,16)13-5-7-17(14)8-6-13/h1-4H,5-8H2. The third-order valence-corrected chi connectivity index (χ3v) is 5.99. The average Bonchev–Trinajstić information content (AvgIpc) is 2.39. The van der Waals surface area contributed by atoms with Gasteiger partial charge in [0.1, 0.15) is 6.07 Å². The van der Waals surface area contributed by atoms with Gasteiger partial charge >= 0.3 is 0 Å². The largest absolute Gasteiger partial charge is 0.259 e. The van der Waals surface area contributed by atoms with Crippen molar-refractivity contribution in [3.05, 3.63) is 29.8 Å². The van der Waals surface area contributed by atoms with Crippen molar-refractivity contribution in [2.75, 3.05) is 24.6 Å². The van der Waals surface area contributed by atoms with Gasteiger partial charge in [0.15, 0.2) is 0 Å². The van der Waals surface area contributed by atoms with Crippen LogP contribution in [-0.2, 0) is 20.8 Å². The predicted octanol–water partition coefficient (Wildman–Crippen LogP) is 0.311. The molecule has 0 spiro atoms. The number of nitrogens with zero attached hydrogens (tertiary/aromatic N) is 2. The van der Waals surface area contributed by atoms with Crippen LogP contribution in [0.25, 0.3) is 0 Å². The van der Waals surface area contributed by atoms with Crippen molar-refractivity contribution in [2.24, 2.45) is 0 Å². The van der Waals surface area contributed by atoms with E-state index in [2.05, 4.69) is 0 Å². The van der Waals surface area contributed by atoms with E-state index in [9.17, 15) is 12.6 Å². The van der Waals surface area contributed by atoms with Crippen LogP contribution in [0.3, 0.4) is 0 Å². The fourth-order valence-corrected chi connectivity index (χ4v) is 4.65. The molecule has 2 rings (SSSR count). The molecule has 0 radical (unpaired) electrons. The van der Waals surface area contributed by atoms with Gasteiger partial charge in [0.25, 0.3) is 0 Å². The SMILES string of the molecule is N#Cc1ccccc1S(=O)(=O)N1CCS(=O)CC1. The van der Waals surface area contributed by atoms with Gasteiger partial charge in [-0.15, -0.1) is 0 Å². The summed E-state index contributed by atoms with van der Waals surface area (Å²) in [5.41, 5.74) is 0.143. The zero-order valence-electron chi connectivity index (χ0n) is 9.57. The van der Waals surface area contributed by atoms with E-state index in [0.29, 0.717) is 11.5 Å². The molecule has 1 aliphatic heterocycles. The molecule has 0 aromatic heterocycles. The summed E-state index contributed by atoms with van der Waals surface area (Å²) in [5, 5.41) is 8.94. The van der Waals surface area contributed by atoms with Crippen LogP contribution in [-0.4, -0.2) is 41.5 Å². The van der Waals surface area contributed by atoms with E-state index in [1.807, 2.05) is 6.07 Å². The van der Waals surface area contributed by atoms with Crippen molar-refractivity contribution in [2.45, 2.75) is 4.90 Å². The molecule has 5 nitrogen and oxygen atoms in total. The minimum atomic E-state index is -3.65. The first-order valence-electron chi connectivity index (χ1n) is 5.40. The Morgan fingerprint density at radius 2 is 1.83 bits per heavy atom. The normalized spacial score (nSPS) is 18.4. The molecule has 0 N–H and O–H groups in total. The van der Waals surface area contributed by atoms with Gasteiger partial charge in [0.05, 0.1) is 10.5 Å². The molecule has 1 aromatic carbocycles. The van der Waals surface area contributed by atoms with E-state index in [0.717, 1.165) is 0 Å². The second-order valence-electron chi connectivity index (χ2n) is 3.86. The molecule has 0 aliphatic carbocycles. The molecule has 1 fully saturated rings. The van der Waals surface area contributed by atoms with Crippen LogP contribution < -0.4 is 0 Å². The first-order valence-corrected chi connectivity index (χ1v) is 8.33. The highest BCUT2D eigenvalue weighted by atomic mass is 32.2. The first kappa shape index (κ1) is 13.2. The van der Waals surface area contributed by atoms with Crippen molar-refractivity contribution in [1.82, 2.24) is 4.31 Å². The molecule has 1 aromatic rings. The molecule has 0 amide bonds. The topological polar surface area (TPSA) is 78.2 Å². The van der Waals surface area contributed by atoms with Crippen LogP contribution in [0.15, 0.2) is 29.2 Å². The van der Waals surface area contributed by atoms with Gasteiger partial charge in [-0.25, -0.2) is 8.42 Å². The van der Waals surface area contributed by atoms with Gasteiger partial charge in [0.2, 0.25) is 10.0 Å². The van der Waals surface area contributed by atoms with E-state index in [1.54, 1.807) is 12.1 Å². The minimum absolute atomic E-state index is 0.0279. The fourth-order valence-electron chi connectivity index (χ4n) is 1.78. The lowest BCUT2D eigenvalue weighted by Crippen LogP contribution is -2.41. The molecule has 0 bridgehead atoms. The van der Waals surface area contributed by atoms with Gasteiger partial charge in [-0.05, 0) is 12.1 Å². The van der Waals surface area contributed by atoms with Crippen LogP contribution in [0.2, 0.25) is 0 Å². The molecule has 7 heteroatoms. The van der Waals surface area contributed by atoms with Crippen LogP contribution in [0.5, 0.6) is 0 Å². The quantitative estimate of drug-likeness (QED) is 0.783. The van der Waals surface area contributed by atoms with Crippen LogP contribution in [0, 0.1) is 11.3 Å². The van der Waals surface area contributed by atoms with Crippen molar-refractivity contribution in [1.29, 1.82) is 5.26 Å². The Hall–Kier alpha value is -1.23. The molecule has 0 saturated carbocycles. The summed E-state index contributed by atoms with van der Waals surface area (Å²) in [6, 6.07) is 8.02. The lowest BCUT2D eigenvalue weighted by atomic mass is 10.2. The highest BCUT2D eigenvalue weighted by Gasteiger charge is 2.29. The first-order chi connectivity index (χ1) is 8.55. The summed E-state index contributed by atoms with van der Waals surface area (Å²) in [7, 11) is -4.58. The molecule has 1 heterocycles. The molecular formula is C11H12N2O3S2. The average molecular weight is 284 g/mol. The number of nitriles is 1. The minimum Gasteiger partial charge on any atom is -0.259 e. The zero-order chi connectivity index (χ0) is 13.2. The second kappa shape index (κ2) is 5.18. The molecule has 18 heavy (non-hydrogen) atoms. The lowest BCUT2D eigenvalue weighted by Gasteiger charge is -2.25. The Kier molecular flexibility index (Phi) is 3.80. The van der Waals surface area contributed by atoms with Gasteiger partial charge < -0.3 is 0 Å². The summed E-state index contributed by atoms with van der Waals surface area (Å²) in [5.74, 6) is 0.710. The van der Waals surface area contributed by atoms with Crippen molar-refractivity contribution >= 4 is 20.8 Å². The summed E-state index contributed by atoms with van der Waals surface area (Å²) >= 11 is 0. The Morgan fingerprint density at radius 1 is 1.22 bits per heavy atom.